The largest absolute Gasteiger partial charge is 0.409 e. The van der Waals surface area contributed by atoms with Crippen molar-refractivity contribution in [1.29, 1.82) is 0 Å². The van der Waals surface area contributed by atoms with Crippen molar-refractivity contribution in [2.75, 3.05) is 19.6 Å². The third-order valence-corrected chi connectivity index (χ3v) is 3.36. The third kappa shape index (κ3) is 4.18. The number of hydrogen-bond donors (Lipinski definition) is 3. The first-order valence-corrected chi connectivity index (χ1v) is 6.63. The number of hydrogen-bond acceptors (Lipinski definition) is 4. The number of amides is 1. The van der Waals surface area contributed by atoms with Crippen molar-refractivity contribution in [3.05, 3.63) is 0 Å². The number of likely N-dealkylation sites (N-methyl/N-ethyl adjacent to an activating group) is 1. The van der Waals surface area contributed by atoms with Gasteiger partial charge in [-0.25, -0.2) is 0 Å². The van der Waals surface area contributed by atoms with Crippen LogP contribution in [-0.2, 0) is 4.79 Å². The Hall–Kier alpha value is -1.30. The average molecular weight is 256 g/mol. The highest BCUT2D eigenvalue weighted by molar-refractivity contribution is 6.01. The average Bonchev–Trinajstić information content (AvgIpc) is 3.19. The molecule has 1 unspecified atom stereocenters. The number of rotatable bonds is 8. The first kappa shape index (κ1) is 14.8. The van der Waals surface area contributed by atoms with E-state index < -0.39 is 5.92 Å². The van der Waals surface area contributed by atoms with Gasteiger partial charge in [0.25, 0.3) is 0 Å². The second kappa shape index (κ2) is 7.20. The van der Waals surface area contributed by atoms with E-state index in [4.69, 9.17) is 10.9 Å². The standard InChI is InChI=1S/C12H24N4O2/c1-3-10(11(13)15-18)12(17)14-7-8-16(4-2)9-5-6-9/h9-10,18H,3-8H2,1-2H3,(H2,13,15)(H,14,17). The van der Waals surface area contributed by atoms with E-state index in [9.17, 15) is 4.79 Å². The van der Waals surface area contributed by atoms with Gasteiger partial charge in [0.05, 0.1) is 5.92 Å². The number of nitrogens with two attached hydrogens (primary N) is 1. The van der Waals surface area contributed by atoms with Gasteiger partial charge >= 0.3 is 0 Å². The summed E-state index contributed by atoms with van der Waals surface area (Å²) < 4.78 is 0. The van der Waals surface area contributed by atoms with Gasteiger partial charge in [0.2, 0.25) is 5.91 Å². The Labute approximate surface area is 108 Å². The topological polar surface area (TPSA) is 91.0 Å². The highest BCUT2D eigenvalue weighted by Crippen LogP contribution is 2.25. The van der Waals surface area contributed by atoms with E-state index in [2.05, 4.69) is 22.3 Å². The zero-order valence-corrected chi connectivity index (χ0v) is 11.2. The van der Waals surface area contributed by atoms with Crippen molar-refractivity contribution in [1.82, 2.24) is 10.2 Å². The molecule has 1 rings (SSSR count). The smallest absolute Gasteiger partial charge is 0.230 e. The van der Waals surface area contributed by atoms with Crippen LogP contribution in [0.1, 0.15) is 33.1 Å². The van der Waals surface area contributed by atoms with Crippen LogP contribution in [0, 0.1) is 5.92 Å². The molecule has 0 spiro atoms. The van der Waals surface area contributed by atoms with E-state index in [1.807, 2.05) is 6.92 Å². The van der Waals surface area contributed by atoms with Crippen molar-refractivity contribution in [2.24, 2.45) is 16.8 Å². The Morgan fingerprint density at radius 2 is 2.22 bits per heavy atom. The quantitative estimate of drug-likeness (QED) is 0.253. The van der Waals surface area contributed by atoms with Gasteiger partial charge in [-0.2, -0.15) is 0 Å². The Kier molecular flexibility index (Phi) is 5.91. The van der Waals surface area contributed by atoms with E-state index in [1.54, 1.807) is 0 Å². The second-order valence-corrected chi connectivity index (χ2v) is 4.64. The SMILES string of the molecule is CCC(C(=O)NCCN(CC)C1CC1)C(N)=NO. The Balaban J connectivity index is 2.30. The predicted molar refractivity (Wildman–Crippen MR) is 70.5 cm³/mol. The molecule has 1 aliphatic carbocycles. The maximum Gasteiger partial charge on any atom is 0.230 e. The third-order valence-electron chi connectivity index (χ3n) is 3.36. The number of nitrogens with zero attached hydrogens (tertiary/aromatic N) is 2. The summed E-state index contributed by atoms with van der Waals surface area (Å²) in [4.78, 5) is 14.2. The molecular formula is C12H24N4O2. The minimum atomic E-state index is -0.536. The molecule has 6 nitrogen and oxygen atoms in total. The maximum absolute atomic E-state index is 11.8. The van der Waals surface area contributed by atoms with Crippen molar-refractivity contribution >= 4 is 11.7 Å². The minimum absolute atomic E-state index is 0.0236. The summed E-state index contributed by atoms with van der Waals surface area (Å²) in [7, 11) is 0. The number of nitrogens with one attached hydrogen (secondary N) is 1. The molecular weight excluding hydrogens is 232 g/mol. The Morgan fingerprint density at radius 3 is 2.67 bits per heavy atom. The molecule has 104 valence electrons. The first-order valence-electron chi connectivity index (χ1n) is 6.63. The second-order valence-electron chi connectivity index (χ2n) is 4.64. The molecule has 1 fully saturated rings. The van der Waals surface area contributed by atoms with E-state index in [1.165, 1.54) is 12.8 Å². The molecule has 0 heterocycles. The lowest BCUT2D eigenvalue weighted by Crippen LogP contribution is -2.42. The monoisotopic (exact) mass is 256 g/mol. The summed E-state index contributed by atoms with van der Waals surface area (Å²) in [6.07, 6.45) is 3.06. The van der Waals surface area contributed by atoms with Gasteiger partial charge in [-0.05, 0) is 25.8 Å². The Bertz CT molecular complexity index is 302. The molecule has 0 saturated heterocycles. The predicted octanol–water partition coefficient (Wildman–Crippen LogP) is 0.360. The maximum atomic E-state index is 11.8. The van der Waals surface area contributed by atoms with Gasteiger partial charge in [0.1, 0.15) is 0 Å². The molecule has 0 aliphatic heterocycles. The summed E-state index contributed by atoms with van der Waals surface area (Å²) in [5.74, 6) is -0.727. The zero-order chi connectivity index (χ0) is 13.5. The summed E-state index contributed by atoms with van der Waals surface area (Å²) in [5, 5.41) is 14.3. The number of carbonyl (C=O) groups excluding carboxylic acids is 1. The van der Waals surface area contributed by atoms with Crippen LogP contribution in [-0.4, -0.2) is 47.5 Å². The van der Waals surface area contributed by atoms with E-state index in [0.717, 1.165) is 13.1 Å². The van der Waals surface area contributed by atoms with Crippen LogP contribution in [0.4, 0.5) is 0 Å². The molecule has 4 N–H and O–H groups in total. The van der Waals surface area contributed by atoms with Gasteiger partial charge in [0.15, 0.2) is 5.84 Å². The van der Waals surface area contributed by atoms with Gasteiger partial charge in [-0.15, -0.1) is 0 Å². The highest BCUT2D eigenvalue weighted by Gasteiger charge is 2.27. The molecule has 0 aromatic rings. The van der Waals surface area contributed by atoms with Crippen LogP contribution in [0.2, 0.25) is 0 Å². The molecule has 18 heavy (non-hydrogen) atoms. The summed E-state index contributed by atoms with van der Waals surface area (Å²) in [6, 6.07) is 0.706. The fourth-order valence-corrected chi connectivity index (χ4v) is 2.08. The summed E-state index contributed by atoms with van der Waals surface area (Å²) >= 11 is 0. The summed E-state index contributed by atoms with van der Waals surface area (Å²) in [6.45, 7) is 6.45. The van der Waals surface area contributed by atoms with E-state index in [0.29, 0.717) is 19.0 Å². The van der Waals surface area contributed by atoms with E-state index >= 15 is 0 Å². The lowest BCUT2D eigenvalue weighted by atomic mass is 10.1. The molecule has 0 bridgehead atoms. The highest BCUT2D eigenvalue weighted by atomic mass is 16.4. The van der Waals surface area contributed by atoms with Crippen LogP contribution < -0.4 is 11.1 Å². The van der Waals surface area contributed by atoms with Gasteiger partial charge in [-0.3, -0.25) is 9.69 Å². The summed E-state index contributed by atoms with van der Waals surface area (Å²) in [5.41, 5.74) is 5.47. The molecule has 0 radical (unpaired) electrons. The zero-order valence-electron chi connectivity index (χ0n) is 11.2. The first-order chi connectivity index (χ1) is 8.63. The van der Waals surface area contributed by atoms with Crippen molar-refractivity contribution in [2.45, 2.75) is 39.2 Å². The van der Waals surface area contributed by atoms with Gasteiger partial charge < -0.3 is 16.3 Å². The molecule has 1 amide bonds. The Morgan fingerprint density at radius 1 is 1.56 bits per heavy atom. The lowest BCUT2D eigenvalue weighted by molar-refractivity contribution is -0.123. The number of oxime groups is 1. The molecule has 6 heteroatoms. The van der Waals surface area contributed by atoms with Crippen molar-refractivity contribution < 1.29 is 10.0 Å². The van der Waals surface area contributed by atoms with Gasteiger partial charge in [0, 0.05) is 19.1 Å². The lowest BCUT2D eigenvalue weighted by Gasteiger charge is -2.20. The van der Waals surface area contributed by atoms with Crippen LogP contribution in [0.5, 0.6) is 0 Å². The molecule has 1 atom stereocenters. The van der Waals surface area contributed by atoms with Crippen molar-refractivity contribution in [3.63, 3.8) is 0 Å². The molecule has 1 saturated carbocycles. The van der Waals surface area contributed by atoms with Gasteiger partial charge in [-0.1, -0.05) is 19.0 Å². The molecule has 0 aromatic heterocycles. The fraction of sp³-hybridized carbons (Fsp3) is 0.833. The van der Waals surface area contributed by atoms with Crippen LogP contribution >= 0.6 is 0 Å². The van der Waals surface area contributed by atoms with Crippen molar-refractivity contribution in [3.8, 4) is 0 Å². The normalized spacial score (nSPS) is 17.8. The fourth-order valence-electron chi connectivity index (χ4n) is 2.08. The molecule has 0 aromatic carbocycles. The van der Waals surface area contributed by atoms with Crippen LogP contribution in [0.25, 0.3) is 0 Å². The molecule has 1 aliphatic rings. The minimum Gasteiger partial charge on any atom is -0.409 e. The van der Waals surface area contributed by atoms with E-state index in [-0.39, 0.29) is 11.7 Å². The number of carbonyl (C=O) groups is 1. The van der Waals surface area contributed by atoms with Crippen LogP contribution in [0.15, 0.2) is 5.16 Å². The van der Waals surface area contributed by atoms with Crippen LogP contribution in [0.3, 0.4) is 0 Å². The number of amidine groups is 1.